The third-order valence-electron chi connectivity index (χ3n) is 3.16. The van der Waals surface area contributed by atoms with Crippen LogP contribution in [0.1, 0.15) is 24.5 Å². The highest BCUT2D eigenvalue weighted by Crippen LogP contribution is 2.20. The molecule has 0 amide bonds. The van der Waals surface area contributed by atoms with Gasteiger partial charge in [0.2, 0.25) is 0 Å². The van der Waals surface area contributed by atoms with Crippen LogP contribution in [0, 0.1) is 17.7 Å². The van der Waals surface area contributed by atoms with Gasteiger partial charge in [-0.05, 0) is 23.8 Å². The van der Waals surface area contributed by atoms with Gasteiger partial charge in [0, 0.05) is 42.6 Å². The molecule has 0 aliphatic carbocycles. The minimum atomic E-state index is -0.241. The third-order valence-corrected chi connectivity index (χ3v) is 4.29. The molecule has 0 aromatic heterocycles. The van der Waals surface area contributed by atoms with Crippen LogP contribution in [0.3, 0.4) is 0 Å². The topological polar surface area (TPSA) is 23.5 Å². The Morgan fingerprint density at radius 2 is 2.30 bits per heavy atom. The second kappa shape index (κ2) is 7.68. The van der Waals surface area contributed by atoms with E-state index in [-0.39, 0.29) is 12.4 Å². The van der Waals surface area contributed by atoms with Crippen molar-refractivity contribution in [2.75, 3.05) is 25.4 Å². The fourth-order valence-electron chi connectivity index (χ4n) is 2.33. The zero-order chi connectivity index (χ0) is 14.4. The highest BCUT2D eigenvalue weighted by Gasteiger charge is 2.16. The molecule has 1 aliphatic heterocycles. The van der Waals surface area contributed by atoms with Gasteiger partial charge in [-0.1, -0.05) is 18.8 Å². The van der Waals surface area contributed by atoms with E-state index in [0.717, 1.165) is 31.0 Å². The van der Waals surface area contributed by atoms with Gasteiger partial charge in [0.1, 0.15) is 5.82 Å². The standard InChI is InChI=1S/C16H20FNOS/c1-13-11-18(5-7-20-13)12-15-8-14(4-2-3-6-19)9-16(17)10-15/h8-10,13,19H,3,5-7,11-12H2,1H3. The van der Waals surface area contributed by atoms with Crippen molar-refractivity contribution in [3.63, 3.8) is 0 Å². The molecule has 0 spiro atoms. The van der Waals surface area contributed by atoms with Gasteiger partial charge in [-0.3, -0.25) is 4.90 Å². The lowest BCUT2D eigenvalue weighted by Crippen LogP contribution is -2.36. The lowest BCUT2D eigenvalue weighted by molar-refractivity contribution is 0.278. The zero-order valence-corrected chi connectivity index (χ0v) is 12.5. The minimum absolute atomic E-state index is 0.0402. The van der Waals surface area contributed by atoms with Gasteiger partial charge in [-0.15, -0.1) is 0 Å². The summed E-state index contributed by atoms with van der Waals surface area (Å²) in [5.74, 6) is 6.63. The van der Waals surface area contributed by atoms with E-state index in [1.54, 1.807) is 6.07 Å². The summed E-state index contributed by atoms with van der Waals surface area (Å²) in [4.78, 5) is 2.36. The van der Waals surface area contributed by atoms with Gasteiger partial charge in [0.05, 0.1) is 6.61 Å². The van der Waals surface area contributed by atoms with E-state index in [4.69, 9.17) is 5.11 Å². The number of aliphatic hydroxyl groups is 1. The number of benzene rings is 1. The summed E-state index contributed by atoms with van der Waals surface area (Å²) in [6, 6.07) is 4.98. The van der Waals surface area contributed by atoms with Crippen LogP contribution in [-0.4, -0.2) is 40.7 Å². The van der Waals surface area contributed by atoms with E-state index in [1.807, 2.05) is 17.8 Å². The number of aliphatic hydroxyl groups excluding tert-OH is 1. The maximum absolute atomic E-state index is 13.6. The molecule has 1 unspecified atom stereocenters. The fourth-order valence-corrected chi connectivity index (χ4v) is 3.41. The average molecular weight is 293 g/mol. The van der Waals surface area contributed by atoms with Crippen LogP contribution in [0.4, 0.5) is 4.39 Å². The minimum Gasteiger partial charge on any atom is -0.395 e. The second-order valence-electron chi connectivity index (χ2n) is 5.04. The number of hydrogen-bond donors (Lipinski definition) is 1. The largest absolute Gasteiger partial charge is 0.395 e. The highest BCUT2D eigenvalue weighted by atomic mass is 32.2. The van der Waals surface area contributed by atoms with Crippen molar-refractivity contribution in [3.05, 3.63) is 35.1 Å². The van der Waals surface area contributed by atoms with Crippen molar-refractivity contribution < 1.29 is 9.50 Å². The summed E-state index contributed by atoms with van der Waals surface area (Å²) in [5, 5.41) is 9.35. The summed E-state index contributed by atoms with van der Waals surface area (Å²) < 4.78 is 13.6. The molecule has 1 aromatic carbocycles. The smallest absolute Gasteiger partial charge is 0.124 e. The first-order chi connectivity index (χ1) is 9.67. The van der Waals surface area contributed by atoms with Gasteiger partial charge >= 0.3 is 0 Å². The Labute approximate surface area is 124 Å². The number of halogens is 1. The number of thioether (sulfide) groups is 1. The summed E-state index contributed by atoms with van der Waals surface area (Å²) in [7, 11) is 0. The number of rotatable bonds is 3. The van der Waals surface area contributed by atoms with E-state index in [9.17, 15) is 4.39 Å². The van der Waals surface area contributed by atoms with Crippen molar-refractivity contribution in [2.24, 2.45) is 0 Å². The molecule has 1 saturated heterocycles. The molecule has 1 aliphatic rings. The third kappa shape index (κ3) is 4.82. The average Bonchev–Trinajstić information content (AvgIpc) is 2.38. The van der Waals surface area contributed by atoms with Gasteiger partial charge in [0.25, 0.3) is 0 Å². The van der Waals surface area contributed by atoms with Gasteiger partial charge in [-0.2, -0.15) is 11.8 Å². The van der Waals surface area contributed by atoms with Crippen LogP contribution < -0.4 is 0 Å². The van der Waals surface area contributed by atoms with Crippen molar-refractivity contribution in [3.8, 4) is 11.8 Å². The molecule has 1 N–H and O–H groups in total. The Balaban J connectivity index is 2.06. The van der Waals surface area contributed by atoms with Gasteiger partial charge < -0.3 is 5.11 Å². The monoisotopic (exact) mass is 293 g/mol. The van der Waals surface area contributed by atoms with Crippen molar-refractivity contribution in [2.45, 2.75) is 25.1 Å². The summed E-state index contributed by atoms with van der Waals surface area (Å²) in [5.41, 5.74) is 1.66. The number of hydrogen-bond acceptors (Lipinski definition) is 3. The SMILES string of the molecule is CC1CN(Cc2cc(F)cc(C#CCCO)c2)CCS1. The van der Waals surface area contributed by atoms with E-state index in [0.29, 0.717) is 17.2 Å². The first kappa shape index (κ1) is 15.4. The molecule has 0 bridgehead atoms. The molecule has 1 fully saturated rings. The predicted molar refractivity (Wildman–Crippen MR) is 82.2 cm³/mol. The van der Waals surface area contributed by atoms with Crippen molar-refractivity contribution in [1.82, 2.24) is 4.90 Å². The first-order valence-electron chi connectivity index (χ1n) is 6.90. The van der Waals surface area contributed by atoms with Crippen molar-refractivity contribution in [1.29, 1.82) is 0 Å². The van der Waals surface area contributed by atoms with Gasteiger partial charge in [-0.25, -0.2) is 4.39 Å². The highest BCUT2D eigenvalue weighted by molar-refractivity contribution is 7.99. The Morgan fingerprint density at radius 3 is 3.05 bits per heavy atom. The molecule has 2 nitrogen and oxygen atoms in total. The molecular weight excluding hydrogens is 273 g/mol. The molecule has 1 aromatic rings. The van der Waals surface area contributed by atoms with Crippen LogP contribution in [-0.2, 0) is 6.54 Å². The molecule has 0 radical (unpaired) electrons. The summed E-state index contributed by atoms with van der Waals surface area (Å²) in [6.07, 6.45) is 0.423. The van der Waals surface area contributed by atoms with Crippen LogP contribution in [0.15, 0.2) is 18.2 Å². The molecule has 0 saturated carbocycles. The van der Waals surface area contributed by atoms with E-state index in [2.05, 4.69) is 23.7 Å². The molecular formula is C16H20FNOS. The maximum atomic E-state index is 13.6. The Hall–Kier alpha value is -1.02. The van der Waals surface area contributed by atoms with Crippen LogP contribution in [0.5, 0.6) is 0 Å². The predicted octanol–water partition coefficient (Wildman–Crippen LogP) is 2.50. The zero-order valence-electron chi connectivity index (χ0n) is 11.7. The summed E-state index contributed by atoms with van der Waals surface area (Å²) >= 11 is 1.99. The Kier molecular flexibility index (Phi) is 5.90. The lowest BCUT2D eigenvalue weighted by atomic mass is 10.1. The molecule has 1 atom stereocenters. The van der Waals surface area contributed by atoms with Crippen LogP contribution in [0.2, 0.25) is 0 Å². The van der Waals surface area contributed by atoms with E-state index in [1.165, 1.54) is 6.07 Å². The Morgan fingerprint density at radius 1 is 1.45 bits per heavy atom. The quantitative estimate of drug-likeness (QED) is 0.866. The normalized spacial score (nSPS) is 19.4. The molecule has 2 rings (SSSR count). The maximum Gasteiger partial charge on any atom is 0.124 e. The lowest BCUT2D eigenvalue weighted by Gasteiger charge is -2.30. The molecule has 4 heteroatoms. The fraction of sp³-hybridized carbons (Fsp3) is 0.500. The molecule has 1 heterocycles. The van der Waals surface area contributed by atoms with E-state index >= 15 is 0 Å². The van der Waals surface area contributed by atoms with Crippen LogP contribution >= 0.6 is 11.8 Å². The van der Waals surface area contributed by atoms with Gasteiger partial charge in [0.15, 0.2) is 0 Å². The molecule has 108 valence electrons. The second-order valence-corrected chi connectivity index (χ2v) is 6.59. The molecule has 20 heavy (non-hydrogen) atoms. The van der Waals surface area contributed by atoms with Crippen LogP contribution in [0.25, 0.3) is 0 Å². The number of nitrogens with zero attached hydrogens (tertiary/aromatic N) is 1. The summed E-state index contributed by atoms with van der Waals surface area (Å²) in [6.45, 7) is 5.15. The van der Waals surface area contributed by atoms with E-state index < -0.39 is 0 Å². The van der Waals surface area contributed by atoms with Crippen molar-refractivity contribution >= 4 is 11.8 Å². The first-order valence-corrected chi connectivity index (χ1v) is 7.95. The Bertz CT molecular complexity index is 509.